The maximum atomic E-state index is 10.5. The van der Waals surface area contributed by atoms with Gasteiger partial charge in [0.1, 0.15) is 11.6 Å². The lowest BCUT2D eigenvalue weighted by molar-refractivity contribution is -0.136. The van der Waals surface area contributed by atoms with Gasteiger partial charge in [0.05, 0.1) is 9.99 Å². The van der Waals surface area contributed by atoms with Crippen molar-refractivity contribution in [1.82, 2.24) is 20.6 Å². The smallest absolute Gasteiger partial charge is 0.305 e. The maximum absolute atomic E-state index is 10.5. The van der Waals surface area contributed by atoms with Crippen molar-refractivity contribution >= 4 is 51.7 Å². The second kappa shape index (κ2) is 11.7. The number of carboxylic acid groups (broad SMARTS) is 1. The molecule has 0 fully saturated rings. The van der Waals surface area contributed by atoms with Crippen LogP contribution in [-0.4, -0.2) is 45.8 Å². The van der Waals surface area contributed by atoms with Crippen molar-refractivity contribution in [3.05, 3.63) is 51.5 Å². The summed E-state index contributed by atoms with van der Waals surface area (Å²) < 4.78 is 0.973. The zero-order valence-electron chi connectivity index (χ0n) is 15.6. The average molecular weight is 513 g/mol. The van der Waals surface area contributed by atoms with E-state index in [9.17, 15) is 4.79 Å². The highest BCUT2D eigenvalue weighted by molar-refractivity contribution is 14.1. The van der Waals surface area contributed by atoms with Crippen molar-refractivity contribution in [2.24, 2.45) is 0 Å². The van der Waals surface area contributed by atoms with E-state index in [-0.39, 0.29) is 12.3 Å². The van der Waals surface area contributed by atoms with Crippen LogP contribution >= 0.6 is 34.8 Å². The summed E-state index contributed by atoms with van der Waals surface area (Å²) >= 11 is 7.33. The van der Waals surface area contributed by atoms with Gasteiger partial charge in [-0.3, -0.25) is 4.79 Å². The lowest BCUT2D eigenvalue weighted by Crippen LogP contribution is -2.37. The molecule has 7 nitrogen and oxygen atoms in total. The van der Waals surface area contributed by atoms with Gasteiger partial charge in [-0.1, -0.05) is 37.3 Å². The molecule has 9 heteroatoms. The van der Waals surface area contributed by atoms with E-state index in [4.69, 9.17) is 22.3 Å². The average Bonchev–Trinajstić information content (AvgIpc) is 2.69. The minimum Gasteiger partial charge on any atom is -0.481 e. The number of nitrogens with one attached hydrogen (secondary N) is 3. The molecule has 0 aliphatic rings. The second-order valence-corrected chi connectivity index (χ2v) is 7.73. The van der Waals surface area contributed by atoms with E-state index in [2.05, 4.69) is 62.6 Å². The second-order valence-electron chi connectivity index (χ2n) is 6.16. The number of hydrogen-bond donors (Lipinski definition) is 4. The Bertz CT molecular complexity index is 791. The number of aliphatic carboxylic acids is 1. The molecule has 0 amide bonds. The highest BCUT2D eigenvalue weighted by Crippen LogP contribution is 2.23. The first-order valence-corrected chi connectivity index (χ1v) is 10.5. The molecule has 150 valence electrons. The highest BCUT2D eigenvalue weighted by Gasteiger charge is 2.13. The molecule has 0 bridgehead atoms. The van der Waals surface area contributed by atoms with Crippen LogP contribution in [0.4, 0.5) is 5.82 Å². The Morgan fingerprint density at radius 3 is 2.64 bits per heavy atom. The third kappa shape index (κ3) is 7.55. The number of carboxylic acids is 1. The molecule has 1 atom stereocenters. The van der Waals surface area contributed by atoms with E-state index in [1.165, 1.54) is 5.56 Å². The number of rotatable bonds is 10. The van der Waals surface area contributed by atoms with E-state index >= 15 is 0 Å². The zero-order chi connectivity index (χ0) is 20.4. The molecule has 0 aliphatic carbocycles. The fraction of sp³-hybridized carbons (Fsp3) is 0.368. The van der Waals surface area contributed by atoms with Crippen molar-refractivity contribution in [2.75, 3.05) is 25.0 Å². The van der Waals surface area contributed by atoms with Crippen LogP contribution < -0.4 is 16.0 Å². The summed E-state index contributed by atoms with van der Waals surface area (Å²) in [4.78, 5) is 19.6. The largest absolute Gasteiger partial charge is 0.481 e. The zero-order valence-corrected chi connectivity index (χ0v) is 18.6. The lowest BCUT2D eigenvalue weighted by atomic mass is 10.0. The molecule has 0 aliphatic heterocycles. The first-order valence-electron chi connectivity index (χ1n) is 9.02. The molecule has 28 heavy (non-hydrogen) atoms. The molecular weight excluding hydrogens is 489 g/mol. The fourth-order valence-corrected chi connectivity index (χ4v) is 3.10. The molecule has 2 aromatic rings. The van der Waals surface area contributed by atoms with Crippen LogP contribution in [0.2, 0.25) is 0 Å². The molecule has 1 aromatic heterocycles. The Balaban J connectivity index is 1.78. The van der Waals surface area contributed by atoms with Crippen LogP contribution in [0, 0.1) is 3.57 Å². The molecule has 0 saturated heterocycles. The van der Waals surface area contributed by atoms with Gasteiger partial charge < -0.3 is 21.1 Å². The Labute approximate surface area is 183 Å². The standard InChI is InChI=1S/C19H24IN5O2S/c1-13(14-6-3-2-4-7-14)17-24-12-15(20)18(25-17)21-9-5-10-22-19(28)23-11-8-16(26)27/h2-4,6-7,12-13H,5,8-11H2,1H3,(H,26,27)(H,21,24,25)(H2,22,23,28)/t13-/m1/s1. The fourth-order valence-electron chi connectivity index (χ4n) is 2.45. The third-order valence-electron chi connectivity index (χ3n) is 4.01. The van der Waals surface area contributed by atoms with Crippen LogP contribution in [-0.2, 0) is 4.79 Å². The van der Waals surface area contributed by atoms with Crippen LogP contribution in [0.1, 0.15) is 37.1 Å². The molecule has 0 spiro atoms. The van der Waals surface area contributed by atoms with Gasteiger partial charge in [-0.2, -0.15) is 0 Å². The molecule has 1 heterocycles. The van der Waals surface area contributed by atoms with E-state index < -0.39 is 5.97 Å². The number of nitrogens with zero attached hydrogens (tertiary/aromatic N) is 2. The van der Waals surface area contributed by atoms with Crippen LogP contribution in [0.3, 0.4) is 0 Å². The van der Waals surface area contributed by atoms with Crippen LogP contribution in [0.25, 0.3) is 0 Å². The van der Waals surface area contributed by atoms with Crippen molar-refractivity contribution in [2.45, 2.75) is 25.7 Å². The van der Waals surface area contributed by atoms with Gasteiger partial charge in [0.15, 0.2) is 5.11 Å². The molecular formula is C19H24IN5O2S. The molecule has 1 aromatic carbocycles. The van der Waals surface area contributed by atoms with E-state index in [0.717, 1.165) is 28.2 Å². The van der Waals surface area contributed by atoms with Crippen molar-refractivity contribution < 1.29 is 9.90 Å². The van der Waals surface area contributed by atoms with Crippen LogP contribution in [0.15, 0.2) is 36.5 Å². The summed E-state index contributed by atoms with van der Waals surface area (Å²) in [5, 5.41) is 18.3. The van der Waals surface area contributed by atoms with Crippen molar-refractivity contribution in [1.29, 1.82) is 0 Å². The first kappa shape index (κ1) is 22.3. The summed E-state index contributed by atoms with van der Waals surface area (Å²) in [6.07, 6.45) is 2.72. The van der Waals surface area contributed by atoms with Crippen molar-refractivity contribution in [3.63, 3.8) is 0 Å². The molecule has 0 unspecified atom stereocenters. The molecule has 2 rings (SSSR count). The normalized spacial score (nSPS) is 11.5. The van der Waals surface area contributed by atoms with Gasteiger partial charge in [-0.15, -0.1) is 0 Å². The minimum atomic E-state index is -0.847. The van der Waals surface area contributed by atoms with Gasteiger partial charge in [-0.05, 0) is 46.8 Å². The van der Waals surface area contributed by atoms with Gasteiger partial charge in [0.2, 0.25) is 0 Å². The van der Waals surface area contributed by atoms with Gasteiger partial charge in [0, 0.05) is 31.7 Å². The number of aromatic nitrogens is 2. The van der Waals surface area contributed by atoms with E-state index in [1.807, 2.05) is 24.4 Å². The van der Waals surface area contributed by atoms with Gasteiger partial charge >= 0.3 is 5.97 Å². The predicted octanol–water partition coefficient (Wildman–Crippen LogP) is 2.97. The predicted molar refractivity (Wildman–Crippen MR) is 123 cm³/mol. The number of benzene rings is 1. The third-order valence-corrected chi connectivity index (χ3v) is 5.08. The Kier molecular flexibility index (Phi) is 9.35. The molecule has 0 radical (unpaired) electrons. The summed E-state index contributed by atoms with van der Waals surface area (Å²) in [5.41, 5.74) is 1.18. The highest BCUT2D eigenvalue weighted by atomic mass is 127. The Morgan fingerprint density at radius 2 is 1.93 bits per heavy atom. The van der Waals surface area contributed by atoms with Gasteiger partial charge in [-0.25, -0.2) is 9.97 Å². The summed E-state index contributed by atoms with van der Waals surface area (Å²) in [5.74, 6) is 0.890. The number of hydrogen-bond acceptors (Lipinski definition) is 5. The molecule has 4 N–H and O–H groups in total. The number of halogens is 1. The Hall–Kier alpha value is -2.01. The van der Waals surface area contributed by atoms with E-state index in [1.54, 1.807) is 0 Å². The van der Waals surface area contributed by atoms with Crippen LogP contribution in [0.5, 0.6) is 0 Å². The monoisotopic (exact) mass is 513 g/mol. The number of anilines is 1. The SMILES string of the molecule is C[C@H](c1ccccc1)c1ncc(I)c(NCCCNC(=S)NCCC(=O)O)n1. The summed E-state index contributed by atoms with van der Waals surface area (Å²) in [6.45, 7) is 3.84. The topological polar surface area (TPSA) is 99.2 Å². The van der Waals surface area contributed by atoms with Crippen molar-refractivity contribution in [3.8, 4) is 0 Å². The van der Waals surface area contributed by atoms with Gasteiger partial charge in [0.25, 0.3) is 0 Å². The quantitative estimate of drug-likeness (QED) is 0.219. The summed E-state index contributed by atoms with van der Waals surface area (Å²) in [7, 11) is 0. The lowest BCUT2D eigenvalue weighted by Gasteiger charge is -2.14. The maximum Gasteiger partial charge on any atom is 0.305 e. The number of thiocarbonyl (C=S) groups is 1. The Morgan fingerprint density at radius 1 is 1.21 bits per heavy atom. The molecule has 0 saturated carbocycles. The van der Waals surface area contributed by atoms with E-state index in [0.29, 0.717) is 18.2 Å². The first-order chi connectivity index (χ1) is 13.5. The number of carbonyl (C=O) groups is 1. The minimum absolute atomic E-state index is 0.0409. The summed E-state index contributed by atoms with van der Waals surface area (Å²) in [6, 6.07) is 10.2.